The van der Waals surface area contributed by atoms with Gasteiger partial charge >= 0.3 is 5.97 Å². The van der Waals surface area contributed by atoms with E-state index in [1.165, 1.54) is 11.8 Å². The summed E-state index contributed by atoms with van der Waals surface area (Å²) < 4.78 is 11.7. The number of nitrogens with zero attached hydrogens (tertiary/aromatic N) is 2. The summed E-state index contributed by atoms with van der Waals surface area (Å²) in [5.41, 5.74) is 3.82. The molecule has 1 amide bonds. The Balaban J connectivity index is 1.47. The number of hydrogen-bond donors (Lipinski definition) is 1. The van der Waals surface area contributed by atoms with Gasteiger partial charge in [-0.2, -0.15) is 0 Å². The van der Waals surface area contributed by atoms with Crippen molar-refractivity contribution >= 4 is 28.8 Å². The molecule has 8 heteroatoms. The van der Waals surface area contributed by atoms with Gasteiger partial charge in [0.25, 0.3) is 0 Å². The summed E-state index contributed by atoms with van der Waals surface area (Å²) in [6.07, 6.45) is 2.00. The Labute approximate surface area is 221 Å². The molecule has 0 bridgehead atoms. The summed E-state index contributed by atoms with van der Waals surface area (Å²) in [6.45, 7) is 5.93. The first kappa shape index (κ1) is 25.1. The van der Waals surface area contributed by atoms with Crippen LogP contribution in [0.25, 0.3) is 0 Å². The first-order valence-electron chi connectivity index (χ1n) is 12.6. The number of rotatable bonds is 9. The number of allylic oxidation sites excluding steroid dienone is 1. The van der Waals surface area contributed by atoms with Crippen molar-refractivity contribution in [1.29, 1.82) is 0 Å². The summed E-state index contributed by atoms with van der Waals surface area (Å²) in [5.74, 6) is 0.268. The van der Waals surface area contributed by atoms with E-state index < -0.39 is 12.0 Å². The molecule has 0 saturated heterocycles. The molecule has 37 heavy (non-hydrogen) atoms. The molecular weight excluding hydrogens is 486 g/mol. The number of hydrogen-bond acceptors (Lipinski definition) is 7. The standard InChI is InChI=1S/C29H31N3O4S/c1-18(2)36-28(34)26-19(3)30-29-32(23(17-37-29)15-25(33)31-22-12-13-22)27(26)21-10-7-11-24(14-21)35-16-20-8-5-4-6-9-20/h4-11,14,17-18,22,27H,12-13,15-16H2,1-3H3,(H,31,33)/t27-/m0/s1. The highest BCUT2D eigenvalue weighted by molar-refractivity contribution is 8.16. The molecule has 3 aliphatic rings. The van der Waals surface area contributed by atoms with Crippen LogP contribution >= 0.6 is 11.8 Å². The Morgan fingerprint density at radius 3 is 2.65 bits per heavy atom. The number of esters is 1. The van der Waals surface area contributed by atoms with Gasteiger partial charge in [-0.05, 0) is 62.3 Å². The maximum absolute atomic E-state index is 13.4. The van der Waals surface area contributed by atoms with Crippen molar-refractivity contribution in [2.45, 2.75) is 64.8 Å². The highest BCUT2D eigenvalue weighted by atomic mass is 32.2. The zero-order valence-electron chi connectivity index (χ0n) is 21.3. The Hall–Kier alpha value is -3.52. The van der Waals surface area contributed by atoms with Crippen LogP contribution in [0.15, 0.2) is 82.0 Å². The van der Waals surface area contributed by atoms with E-state index >= 15 is 0 Å². The zero-order chi connectivity index (χ0) is 25.9. The van der Waals surface area contributed by atoms with Crippen LogP contribution in [-0.4, -0.2) is 34.1 Å². The van der Waals surface area contributed by atoms with Gasteiger partial charge in [-0.3, -0.25) is 4.79 Å². The highest BCUT2D eigenvalue weighted by Gasteiger charge is 2.41. The number of nitrogens with one attached hydrogen (secondary N) is 1. The number of fused-ring (bicyclic) bond motifs is 1. The van der Waals surface area contributed by atoms with Crippen LogP contribution < -0.4 is 10.1 Å². The summed E-state index contributed by atoms with van der Waals surface area (Å²) >= 11 is 1.47. The SMILES string of the molecule is CC1=C(C(=O)OC(C)C)[C@H](c2cccc(OCc3ccccc3)c2)N2C(CC(=O)NC3CC3)=CSC2=N1. The zero-order valence-corrected chi connectivity index (χ0v) is 22.1. The number of carbonyl (C=O) groups is 2. The molecule has 0 aromatic heterocycles. The fourth-order valence-corrected chi connectivity index (χ4v) is 5.37. The number of aliphatic imine (C=N–C) groups is 1. The van der Waals surface area contributed by atoms with Crippen LogP contribution in [0.5, 0.6) is 5.75 Å². The third-order valence-corrected chi connectivity index (χ3v) is 7.16. The van der Waals surface area contributed by atoms with Gasteiger partial charge in [0.1, 0.15) is 12.4 Å². The molecular formula is C29H31N3O4S. The Kier molecular flexibility index (Phi) is 7.37. The fourth-order valence-electron chi connectivity index (χ4n) is 4.41. The predicted octanol–water partition coefficient (Wildman–Crippen LogP) is 5.46. The Morgan fingerprint density at radius 2 is 1.92 bits per heavy atom. The highest BCUT2D eigenvalue weighted by Crippen LogP contribution is 2.45. The first-order valence-corrected chi connectivity index (χ1v) is 13.5. The second-order valence-electron chi connectivity index (χ2n) is 9.71. The number of carbonyl (C=O) groups excluding carboxylic acids is 2. The molecule has 0 radical (unpaired) electrons. The largest absolute Gasteiger partial charge is 0.489 e. The second-order valence-corrected chi connectivity index (χ2v) is 10.5. The van der Waals surface area contributed by atoms with Crippen LogP contribution in [0, 0.1) is 0 Å². The topological polar surface area (TPSA) is 80.2 Å². The maximum atomic E-state index is 13.4. The summed E-state index contributed by atoms with van der Waals surface area (Å²) in [5, 5.41) is 5.76. The van der Waals surface area contributed by atoms with Gasteiger partial charge in [0.2, 0.25) is 5.91 Å². The van der Waals surface area contributed by atoms with E-state index in [1.807, 2.05) is 85.7 Å². The molecule has 1 fully saturated rings. The molecule has 5 rings (SSSR count). The number of ether oxygens (including phenoxy) is 2. The minimum Gasteiger partial charge on any atom is -0.489 e. The van der Waals surface area contributed by atoms with Gasteiger partial charge in [0.05, 0.1) is 29.8 Å². The quantitative estimate of drug-likeness (QED) is 0.445. The van der Waals surface area contributed by atoms with Crippen LogP contribution in [0.4, 0.5) is 0 Å². The predicted molar refractivity (Wildman–Crippen MR) is 145 cm³/mol. The molecule has 2 aromatic rings. The van der Waals surface area contributed by atoms with Crippen molar-refractivity contribution in [2.24, 2.45) is 4.99 Å². The average molecular weight is 518 g/mol. The van der Waals surface area contributed by atoms with Crippen molar-refractivity contribution < 1.29 is 19.1 Å². The minimum atomic E-state index is -0.492. The minimum absolute atomic E-state index is 0.0214. The lowest BCUT2D eigenvalue weighted by Gasteiger charge is -2.36. The van der Waals surface area contributed by atoms with Gasteiger partial charge in [0.15, 0.2) is 5.17 Å². The molecule has 2 aromatic carbocycles. The van der Waals surface area contributed by atoms with E-state index in [-0.39, 0.29) is 24.5 Å². The second kappa shape index (κ2) is 10.8. The lowest BCUT2D eigenvalue weighted by Crippen LogP contribution is -2.38. The van der Waals surface area contributed by atoms with Crippen molar-refractivity contribution in [3.63, 3.8) is 0 Å². The van der Waals surface area contributed by atoms with E-state index in [0.717, 1.165) is 34.8 Å². The number of amides is 1. The van der Waals surface area contributed by atoms with E-state index in [1.54, 1.807) is 0 Å². The van der Waals surface area contributed by atoms with Gasteiger partial charge in [0, 0.05) is 11.7 Å². The van der Waals surface area contributed by atoms with Gasteiger partial charge in [-0.1, -0.05) is 54.2 Å². The van der Waals surface area contributed by atoms with Crippen LogP contribution in [-0.2, 0) is 20.9 Å². The number of benzene rings is 2. The molecule has 2 heterocycles. The summed E-state index contributed by atoms with van der Waals surface area (Å²) in [4.78, 5) is 32.8. The summed E-state index contributed by atoms with van der Waals surface area (Å²) in [6, 6.07) is 17.5. The normalized spacial score (nSPS) is 18.8. The number of thioether (sulfide) groups is 1. The average Bonchev–Trinajstić information content (AvgIpc) is 3.60. The Morgan fingerprint density at radius 1 is 1.14 bits per heavy atom. The third-order valence-electron chi connectivity index (χ3n) is 6.27. The molecule has 1 N–H and O–H groups in total. The number of amidine groups is 1. The molecule has 1 atom stereocenters. The lowest BCUT2D eigenvalue weighted by molar-refractivity contribution is -0.143. The van der Waals surface area contributed by atoms with Crippen molar-refractivity contribution in [3.05, 3.63) is 88.1 Å². The monoisotopic (exact) mass is 517 g/mol. The lowest BCUT2D eigenvalue weighted by atomic mass is 9.93. The molecule has 1 saturated carbocycles. The van der Waals surface area contributed by atoms with Crippen LogP contribution in [0.1, 0.15) is 57.2 Å². The van der Waals surface area contributed by atoms with Crippen LogP contribution in [0.2, 0.25) is 0 Å². The maximum Gasteiger partial charge on any atom is 0.338 e. The van der Waals surface area contributed by atoms with E-state index in [9.17, 15) is 9.59 Å². The molecule has 7 nitrogen and oxygen atoms in total. The smallest absolute Gasteiger partial charge is 0.338 e. The van der Waals surface area contributed by atoms with Crippen molar-refractivity contribution in [1.82, 2.24) is 10.2 Å². The van der Waals surface area contributed by atoms with E-state index in [0.29, 0.717) is 23.6 Å². The van der Waals surface area contributed by atoms with E-state index in [4.69, 9.17) is 14.5 Å². The first-order chi connectivity index (χ1) is 17.9. The Bertz CT molecular complexity index is 1280. The van der Waals surface area contributed by atoms with Crippen molar-refractivity contribution in [3.8, 4) is 5.75 Å². The van der Waals surface area contributed by atoms with Crippen LogP contribution in [0.3, 0.4) is 0 Å². The molecule has 192 valence electrons. The molecule has 1 aliphatic carbocycles. The molecule has 0 unspecified atom stereocenters. The summed E-state index contributed by atoms with van der Waals surface area (Å²) in [7, 11) is 0. The fraction of sp³-hybridized carbons (Fsp3) is 0.345. The van der Waals surface area contributed by atoms with Gasteiger partial charge < -0.3 is 19.7 Å². The van der Waals surface area contributed by atoms with E-state index in [2.05, 4.69) is 5.32 Å². The third kappa shape index (κ3) is 5.91. The molecule has 0 spiro atoms. The molecule has 2 aliphatic heterocycles. The van der Waals surface area contributed by atoms with Crippen molar-refractivity contribution in [2.75, 3.05) is 0 Å². The van der Waals surface area contributed by atoms with Gasteiger partial charge in [-0.15, -0.1) is 0 Å². The van der Waals surface area contributed by atoms with Gasteiger partial charge in [-0.25, -0.2) is 9.79 Å².